The van der Waals surface area contributed by atoms with Crippen molar-refractivity contribution in [2.24, 2.45) is 5.41 Å². The minimum absolute atomic E-state index is 0.105. The number of hydrogen-bond acceptors (Lipinski definition) is 1. The van der Waals surface area contributed by atoms with Crippen molar-refractivity contribution in [2.45, 2.75) is 33.2 Å². The van der Waals surface area contributed by atoms with Crippen LogP contribution in [0.2, 0.25) is 0 Å². The smallest absolute Gasteiger partial charge is 0.226 e. The van der Waals surface area contributed by atoms with Crippen molar-refractivity contribution < 1.29 is 9.18 Å². The number of nitrogens with one attached hydrogen (secondary N) is 2. The van der Waals surface area contributed by atoms with E-state index >= 15 is 0 Å². The lowest BCUT2D eigenvalue weighted by atomic mass is 10.1. The Bertz CT molecular complexity index is 616. The number of fused-ring (bicyclic) bond motifs is 1. The minimum atomic E-state index is -0.201. The summed E-state index contributed by atoms with van der Waals surface area (Å²) in [4.78, 5) is 15.0. The van der Waals surface area contributed by atoms with E-state index in [0.717, 1.165) is 29.4 Å². The number of rotatable bonds is 3. The number of amides is 1. The largest absolute Gasteiger partial charge is 0.357 e. The highest BCUT2D eigenvalue weighted by atomic mass is 19.1. The summed E-state index contributed by atoms with van der Waals surface area (Å²) in [5, 5.41) is 3.77. The normalized spacial score (nSPS) is 16.6. The molecule has 0 radical (unpaired) electrons. The van der Waals surface area contributed by atoms with E-state index in [1.165, 1.54) is 6.07 Å². The molecule has 1 aliphatic rings. The fraction of sp³-hybridized carbons (Fsp3) is 0.400. The molecule has 1 aromatic carbocycles. The number of aromatic amines is 1. The standard InChI is InChI=1S/C15H17FN2O/c1-9-5-13-10(7-12(9)16)6-11(18-13)8-17-14(19)15(2)3-4-15/h5-7,18H,3-4,8H2,1-2H3,(H,17,19). The summed E-state index contributed by atoms with van der Waals surface area (Å²) in [7, 11) is 0. The SMILES string of the molecule is Cc1cc2[nH]c(CNC(=O)C3(C)CC3)cc2cc1F. The second-order valence-electron chi connectivity index (χ2n) is 5.73. The number of aryl methyl sites for hydroxylation is 1. The molecule has 1 heterocycles. The Morgan fingerprint density at radius 3 is 2.84 bits per heavy atom. The lowest BCUT2D eigenvalue weighted by Crippen LogP contribution is -2.29. The van der Waals surface area contributed by atoms with E-state index in [9.17, 15) is 9.18 Å². The fourth-order valence-electron chi connectivity index (χ4n) is 2.22. The number of carbonyl (C=O) groups is 1. The summed E-state index contributed by atoms with van der Waals surface area (Å²) in [6, 6.07) is 5.19. The Morgan fingerprint density at radius 2 is 2.16 bits per heavy atom. The van der Waals surface area contributed by atoms with Crippen LogP contribution in [0.4, 0.5) is 4.39 Å². The van der Waals surface area contributed by atoms with Gasteiger partial charge in [0, 0.05) is 22.0 Å². The third-order valence-corrected chi connectivity index (χ3v) is 3.94. The molecule has 0 bridgehead atoms. The average Bonchev–Trinajstić information content (AvgIpc) is 2.99. The quantitative estimate of drug-likeness (QED) is 0.875. The zero-order valence-electron chi connectivity index (χ0n) is 11.1. The maximum absolute atomic E-state index is 13.5. The molecule has 0 spiro atoms. The van der Waals surface area contributed by atoms with Crippen molar-refractivity contribution in [1.29, 1.82) is 0 Å². The van der Waals surface area contributed by atoms with E-state index in [1.807, 2.05) is 13.0 Å². The van der Waals surface area contributed by atoms with Gasteiger partial charge in [0.2, 0.25) is 5.91 Å². The Balaban J connectivity index is 1.76. The molecular weight excluding hydrogens is 243 g/mol. The third-order valence-electron chi connectivity index (χ3n) is 3.94. The summed E-state index contributed by atoms with van der Waals surface area (Å²) in [5.74, 6) is -0.0962. The molecule has 0 atom stereocenters. The van der Waals surface area contributed by atoms with Crippen LogP contribution in [-0.4, -0.2) is 10.9 Å². The van der Waals surface area contributed by atoms with Gasteiger partial charge in [-0.15, -0.1) is 0 Å². The van der Waals surface area contributed by atoms with Crippen LogP contribution < -0.4 is 5.32 Å². The van der Waals surface area contributed by atoms with Crippen LogP contribution in [0.1, 0.15) is 31.0 Å². The van der Waals surface area contributed by atoms with Crippen molar-refractivity contribution in [1.82, 2.24) is 10.3 Å². The molecule has 1 aliphatic carbocycles. The van der Waals surface area contributed by atoms with Crippen molar-refractivity contribution in [3.05, 3.63) is 35.3 Å². The number of aromatic nitrogens is 1. The van der Waals surface area contributed by atoms with E-state index in [-0.39, 0.29) is 17.1 Å². The first-order valence-electron chi connectivity index (χ1n) is 6.54. The van der Waals surface area contributed by atoms with Crippen LogP contribution in [0, 0.1) is 18.2 Å². The molecule has 19 heavy (non-hydrogen) atoms. The molecule has 1 aromatic heterocycles. The average molecular weight is 260 g/mol. The van der Waals surface area contributed by atoms with Gasteiger partial charge >= 0.3 is 0 Å². The van der Waals surface area contributed by atoms with E-state index in [0.29, 0.717) is 12.1 Å². The Labute approximate surface area is 111 Å². The molecular formula is C15H17FN2O. The van der Waals surface area contributed by atoms with Gasteiger partial charge in [0.05, 0.1) is 6.54 Å². The monoisotopic (exact) mass is 260 g/mol. The molecule has 3 rings (SSSR count). The van der Waals surface area contributed by atoms with Gasteiger partial charge in [0.25, 0.3) is 0 Å². The molecule has 0 saturated heterocycles. The topological polar surface area (TPSA) is 44.9 Å². The summed E-state index contributed by atoms with van der Waals surface area (Å²) >= 11 is 0. The molecule has 1 saturated carbocycles. The number of halogens is 1. The summed E-state index contributed by atoms with van der Waals surface area (Å²) in [6.45, 7) is 4.18. The number of hydrogen-bond donors (Lipinski definition) is 2. The van der Waals surface area contributed by atoms with Gasteiger partial charge < -0.3 is 10.3 Å². The number of H-pyrrole nitrogens is 1. The maximum Gasteiger partial charge on any atom is 0.226 e. The van der Waals surface area contributed by atoms with Gasteiger partial charge in [-0.2, -0.15) is 0 Å². The highest BCUT2D eigenvalue weighted by Crippen LogP contribution is 2.45. The number of carbonyl (C=O) groups excluding carboxylic acids is 1. The minimum Gasteiger partial charge on any atom is -0.357 e. The molecule has 0 aliphatic heterocycles. The first-order chi connectivity index (χ1) is 8.98. The van der Waals surface area contributed by atoms with Crippen molar-refractivity contribution in [2.75, 3.05) is 0 Å². The van der Waals surface area contributed by atoms with Gasteiger partial charge in [0.1, 0.15) is 5.82 Å². The summed E-state index contributed by atoms with van der Waals surface area (Å²) in [6.07, 6.45) is 1.94. The lowest BCUT2D eigenvalue weighted by Gasteiger charge is -2.08. The van der Waals surface area contributed by atoms with E-state index in [2.05, 4.69) is 10.3 Å². The first-order valence-corrected chi connectivity index (χ1v) is 6.54. The molecule has 100 valence electrons. The van der Waals surface area contributed by atoms with Crippen LogP contribution in [0.3, 0.4) is 0 Å². The zero-order chi connectivity index (χ0) is 13.6. The van der Waals surface area contributed by atoms with E-state index < -0.39 is 0 Å². The predicted molar refractivity (Wildman–Crippen MR) is 72.2 cm³/mol. The lowest BCUT2D eigenvalue weighted by molar-refractivity contribution is -0.125. The molecule has 2 N–H and O–H groups in total. The molecule has 4 heteroatoms. The second-order valence-corrected chi connectivity index (χ2v) is 5.73. The van der Waals surface area contributed by atoms with Crippen molar-refractivity contribution in [3.63, 3.8) is 0 Å². The Hall–Kier alpha value is -1.84. The highest BCUT2D eigenvalue weighted by molar-refractivity contribution is 5.85. The Kier molecular flexibility index (Phi) is 2.62. The maximum atomic E-state index is 13.5. The molecule has 1 fully saturated rings. The van der Waals surface area contributed by atoms with Crippen LogP contribution in [0.15, 0.2) is 18.2 Å². The van der Waals surface area contributed by atoms with Crippen LogP contribution in [0.25, 0.3) is 10.9 Å². The van der Waals surface area contributed by atoms with Gasteiger partial charge in [-0.1, -0.05) is 6.92 Å². The summed E-state index contributed by atoms with van der Waals surface area (Å²) < 4.78 is 13.5. The van der Waals surface area contributed by atoms with Crippen molar-refractivity contribution in [3.8, 4) is 0 Å². The molecule has 2 aromatic rings. The van der Waals surface area contributed by atoms with Crippen molar-refractivity contribution >= 4 is 16.8 Å². The molecule has 3 nitrogen and oxygen atoms in total. The van der Waals surface area contributed by atoms with Gasteiger partial charge in [-0.25, -0.2) is 4.39 Å². The molecule has 1 amide bonds. The highest BCUT2D eigenvalue weighted by Gasteiger charge is 2.44. The molecule has 0 unspecified atom stereocenters. The Morgan fingerprint density at radius 1 is 1.42 bits per heavy atom. The van der Waals surface area contributed by atoms with Crippen LogP contribution in [0.5, 0.6) is 0 Å². The van der Waals surface area contributed by atoms with Gasteiger partial charge in [0.15, 0.2) is 0 Å². The third kappa shape index (κ3) is 2.23. The first kappa shape index (κ1) is 12.2. The van der Waals surface area contributed by atoms with Gasteiger partial charge in [-0.05, 0) is 43.5 Å². The van der Waals surface area contributed by atoms with Gasteiger partial charge in [-0.3, -0.25) is 4.79 Å². The number of benzene rings is 1. The fourth-order valence-corrected chi connectivity index (χ4v) is 2.22. The van der Waals surface area contributed by atoms with E-state index in [4.69, 9.17) is 0 Å². The van der Waals surface area contributed by atoms with Crippen LogP contribution in [-0.2, 0) is 11.3 Å². The van der Waals surface area contributed by atoms with E-state index in [1.54, 1.807) is 13.0 Å². The zero-order valence-corrected chi connectivity index (χ0v) is 11.1. The second kappa shape index (κ2) is 4.08. The summed E-state index contributed by atoms with van der Waals surface area (Å²) in [5.41, 5.74) is 2.27. The predicted octanol–water partition coefficient (Wildman–Crippen LogP) is 3.03. The van der Waals surface area contributed by atoms with Crippen LogP contribution >= 0.6 is 0 Å².